The van der Waals surface area contributed by atoms with Crippen molar-refractivity contribution in [1.82, 2.24) is 19.3 Å². The molecule has 0 aliphatic rings. The average molecular weight is 252 g/mol. The number of nitrogens with zero attached hydrogens (tertiary/aromatic N) is 3. The van der Waals surface area contributed by atoms with Crippen molar-refractivity contribution in [2.75, 3.05) is 7.05 Å². The lowest BCUT2D eigenvalue weighted by atomic mass is 10.3. The zero-order valence-corrected chi connectivity index (χ0v) is 10.1. The lowest BCUT2D eigenvalue weighted by molar-refractivity contribution is 0.464. The Morgan fingerprint density at radius 2 is 2.00 bits per heavy atom. The molecule has 0 spiro atoms. The van der Waals surface area contributed by atoms with Gasteiger partial charge in [-0.3, -0.25) is 4.98 Å². The third-order valence-electron chi connectivity index (χ3n) is 2.32. The van der Waals surface area contributed by atoms with Crippen LogP contribution in [0.3, 0.4) is 0 Å². The van der Waals surface area contributed by atoms with Crippen molar-refractivity contribution in [3.8, 4) is 0 Å². The van der Waals surface area contributed by atoms with E-state index < -0.39 is 10.0 Å². The summed E-state index contributed by atoms with van der Waals surface area (Å²) in [5.74, 6) is 0. The number of aromatic amines is 1. The molecule has 0 amide bonds. The molecule has 2 heterocycles. The van der Waals surface area contributed by atoms with Crippen LogP contribution in [0.1, 0.15) is 5.56 Å². The van der Waals surface area contributed by atoms with E-state index in [0.29, 0.717) is 6.54 Å². The molecule has 90 valence electrons. The molecular weight excluding hydrogens is 240 g/mol. The van der Waals surface area contributed by atoms with Crippen LogP contribution in [0.15, 0.2) is 42.1 Å². The maximum absolute atomic E-state index is 12.0. The molecule has 0 aliphatic carbocycles. The number of H-pyrrole nitrogens is 1. The standard InChI is InChI=1S/C10H12N4O2S/c1-14(7-9-2-4-11-5-3-9)17(15,16)10-6-12-8-13-10/h2-6,8H,7H2,1H3,(H,12,13). The molecule has 0 saturated heterocycles. The Hall–Kier alpha value is -1.73. The van der Waals surface area contributed by atoms with Crippen LogP contribution in [0, 0.1) is 0 Å². The molecule has 2 aromatic rings. The van der Waals surface area contributed by atoms with Crippen LogP contribution in [0.4, 0.5) is 0 Å². The van der Waals surface area contributed by atoms with E-state index >= 15 is 0 Å². The van der Waals surface area contributed by atoms with E-state index in [2.05, 4.69) is 15.0 Å². The van der Waals surface area contributed by atoms with E-state index in [1.54, 1.807) is 24.5 Å². The second-order valence-electron chi connectivity index (χ2n) is 3.53. The van der Waals surface area contributed by atoms with E-state index in [1.165, 1.54) is 23.9 Å². The summed E-state index contributed by atoms with van der Waals surface area (Å²) in [5.41, 5.74) is 0.880. The molecule has 0 atom stereocenters. The van der Waals surface area contributed by atoms with Gasteiger partial charge in [-0.05, 0) is 17.7 Å². The monoisotopic (exact) mass is 252 g/mol. The molecule has 0 radical (unpaired) electrons. The number of hydrogen-bond donors (Lipinski definition) is 1. The van der Waals surface area contributed by atoms with Crippen LogP contribution < -0.4 is 0 Å². The Labute approximate surface area is 99.4 Å². The van der Waals surface area contributed by atoms with Crippen molar-refractivity contribution in [1.29, 1.82) is 0 Å². The van der Waals surface area contributed by atoms with Crippen LogP contribution in [0.2, 0.25) is 0 Å². The predicted octanol–water partition coefficient (Wildman–Crippen LogP) is 0.625. The topological polar surface area (TPSA) is 79.0 Å². The summed E-state index contributed by atoms with van der Waals surface area (Å²) in [6, 6.07) is 3.55. The van der Waals surface area contributed by atoms with Gasteiger partial charge in [-0.25, -0.2) is 13.4 Å². The molecule has 6 nitrogen and oxygen atoms in total. The first kappa shape index (κ1) is 11.7. The fourth-order valence-corrected chi connectivity index (χ4v) is 2.43. The van der Waals surface area contributed by atoms with Gasteiger partial charge in [-0.1, -0.05) is 0 Å². The largest absolute Gasteiger partial charge is 0.335 e. The van der Waals surface area contributed by atoms with Gasteiger partial charge in [-0.2, -0.15) is 4.31 Å². The maximum Gasteiger partial charge on any atom is 0.260 e. The molecular formula is C10H12N4O2S. The normalized spacial score (nSPS) is 11.9. The summed E-state index contributed by atoms with van der Waals surface area (Å²) in [4.78, 5) is 10.2. The minimum atomic E-state index is -3.50. The number of aromatic nitrogens is 3. The quantitative estimate of drug-likeness (QED) is 0.865. The van der Waals surface area contributed by atoms with Gasteiger partial charge in [0.2, 0.25) is 0 Å². The van der Waals surface area contributed by atoms with Crippen LogP contribution in [0.25, 0.3) is 0 Å². The Kier molecular flexibility index (Phi) is 3.21. The number of sulfonamides is 1. The highest BCUT2D eigenvalue weighted by Crippen LogP contribution is 2.13. The smallest absolute Gasteiger partial charge is 0.260 e. The van der Waals surface area contributed by atoms with Crippen molar-refractivity contribution in [3.05, 3.63) is 42.6 Å². The number of nitrogens with one attached hydrogen (secondary N) is 1. The summed E-state index contributed by atoms with van der Waals surface area (Å²) in [7, 11) is -1.97. The molecule has 0 saturated carbocycles. The molecule has 2 rings (SSSR count). The van der Waals surface area contributed by atoms with Gasteiger partial charge in [0.05, 0.1) is 12.5 Å². The molecule has 0 bridgehead atoms. The molecule has 2 aromatic heterocycles. The minimum Gasteiger partial charge on any atom is -0.335 e. The number of rotatable bonds is 4. The van der Waals surface area contributed by atoms with Crippen LogP contribution in [0.5, 0.6) is 0 Å². The van der Waals surface area contributed by atoms with Gasteiger partial charge < -0.3 is 4.98 Å². The highest BCUT2D eigenvalue weighted by molar-refractivity contribution is 7.89. The van der Waals surface area contributed by atoms with Crippen molar-refractivity contribution >= 4 is 10.0 Å². The van der Waals surface area contributed by atoms with Gasteiger partial charge in [0.25, 0.3) is 10.0 Å². The van der Waals surface area contributed by atoms with Crippen molar-refractivity contribution in [3.63, 3.8) is 0 Å². The van der Waals surface area contributed by atoms with Crippen LogP contribution >= 0.6 is 0 Å². The van der Waals surface area contributed by atoms with Gasteiger partial charge in [-0.15, -0.1) is 0 Å². The average Bonchev–Trinajstić information content (AvgIpc) is 2.84. The highest BCUT2D eigenvalue weighted by Gasteiger charge is 2.21. The van der Waals surface area contributed by atoms with Crippen molar-refractivity contribution in [2.24, 2.45) is 0 Å². The highest BCUT2D eigenvalue weighted by atomic mass is 32.2. The van der Waals surface area contributed by atoms with E-state index in [9.17, 15) is 8.42 Å². The number of pyridine rings is 1. The summed E-state index contributed by atoms with van der Waals surface area (Å²) in [6.07, 6.45) is 5.89. The van der Waals surface area contributed by atoms with Gasteiger partial charge in [0.15, 0.2) is 5.03 Å². The maximum atomic E-state index is 12.0. The third-order valence-corrected chi connectivity index (χ3v) is 4.04. The summed E-state index contributed by atoms with van der Waals surface area (Å²) in [5, 5.41) is 0.0917. The van der Waals surface area contributed by atoms with Gasteiger partial charge >= 0.3 is 0 Å². The lowest BCUT2D eigenvalue weighted by Gasteiger charge is -2.15. The van der Waals surface area contributed by atoms with Crippen molar-refractivity contribution < 1.29 is 8.42 Å². The Morgan fingerprint density at radius 1 is 1.29 bits per heavy atom. The van der Waals surface area contributed by atoms with E-state index in [0.717, 1.165) is 5.56 Å². The molecule has 7 heteroatoms. The molecule has 0 unspecified atom stereocenters. The Balaban J connectivity index is 2.19. The second kappa shape index (κ2) is 4.64. The molecule has 0 aliphatic heterocycles. The Morgan fingerprint density at radius 3 is 2.59 bits per heavy atom. The van der Waals surface area contributed by atoms with Crippen LogP contribution in [-0.4, -0.2) is 34.7 Å². The fraction of sp³-hybridized carbons (Fsp3) is 0.200. The first-order valence-corrected chi connectivity index (χ1v) is 6.38. The first-order valence-electron chi connectivity index (χ1n) is 4.94. The Bertz CT molecular complexity index is 566. The summed E-state index contributed by atoms with van der Waals surface area (Å²) < 4.78 is 25.3. The predicted molar refractivity (Wildman–Crippen MR) is 61.5 cm³/mol. The van der Waals surface area contributed by atoms with E-state index in [1.807, 2.05) is 0 Å². The first-order chi connectivity index (χ1) is 8.10. The van der Waals surface area contributed by atoms with Crippen molar-refractivity contribution in [2.45, 2.75) is 11.6 Å². The summed E-state index contributed by atoms with van der Waals surface area (Å²) in [6.45, 7) is 0.296. The van der Waals surface area contributed by atoms with Crippen LogP contribution in [-0.2, 0) is 16.6 Å². The third kappa shape index (κ3) is 2.51. The zero-order chi connectivity index (χ0) is 12.3. The molecule has 0 fully saturated rings. The van der Waals surface area contributed by atoms with E-state index in [4.69, 9.17) is 0 Å². The fourth-order valence-electron chi connectivity index (χ4n) is 1.38. The molecule has 1 N–H and O–H groups in total. The molecule has 0 aromatic carbocycles. The van der Waals surface area contributed by atoms with E-state index in [-0.39, 0.29) is 5.03 Å². The minimum absolute atomic E-state index is 0.0917. The SMILES string of the molecule is CN(Cc1ccncc1)S(=O)(=O)c1cnc[nH]1. The number of imidazole rings is 1. The molecule has 17 heavy (non-hydrogen) atoms. The second-order valence-corrected chi connectivity index (χ2v) is 5.55. The zero-order valence-electron chi connectivity index (χ0n) is 9.24. The lowest BCUT2D eigenvalue weighted by Crippen LogP contribution is -2.26. The number of hydrogen-bond acceptors (Lipinski definition) is 4. The van der Waals surface area contributed by atoms with Gasteiger partial charge in [0.1, 0.15) is 0 Å². The van der Waals surface area contributed by atoms with Gasteiger partial charge in [0, 0.05) is 26.0 Å². The summed E-state index contributed by atoms with van der Waals surface area (Å²) >= 11 is 0.